The third-order valence-electron chi connectivity index (χ3n) is 3.23. The second-order valence-corrected chi connectivity index (χ2v) is 4.71. The second-order valence-electron chi connectivity index (χ2n) is 4.71. The summed E-state index contributed by atoms with van der Waals surface area (Å²) in [5, 5.41) is 3.03. The van der Waals surface area contributed by atoms with Crippen molar-refractivity contribution in [1.29, 1.82) is 0 Å². The van der Waals surface area contributed by atoms with Crippen LogP contribution in [0.4, 0.5) is 17.6 Å². The number of benzene rings is 2. The van der Waals surface area contributed by atoms with Crippen molar-refractivity contribution in [3.63, 3.8) is 0 Å². The second kappa shape index (κ2) is 6.72. The van der Waals surface area contributed by atoms with Gasteiger partial charge in [-0.05, 0) is 36.7 Å². The molecule has 0 amide bonds. The van der Waals surface area contributed by atoms with Gasteiger partial charge in [0, 0.05) is 11.6 Å². The molecule has 1 N–H and O–H groups in total. The maximum absolute atomic E-state index is 13.9. The summed E-state index contributed by atoms with van der Waals surface area (Å²) in [6.07, 6.45) is 0.228. The van der Waals surface area contributed by atoms with E-state index < -0.39 is 29.3 Å². The minimum absolute atomic E-state index is 0.168. The lowest BCUT2D eigenvalue weighted by atomic mass is 9.98. The highest BCUT2D eigenvalue weighted by Crippen LogP contribution is 2.23. The van der Waals surface area contributed by atoms with Gasteiger partial charge in [-0.2, -0.15) is 0 Å². The van der Waals surface area contributed by atoms with Gasteiger partial charge in [-0.3, -0.25) is 0 Å². The Labute approximate surface area is 120 Å². The summed E-state index contributed by atoms with van der Waals surface area (Å²) >= 11 is 0. The first kappa shape index (κ1) is 15.5. The van der Waals surface area contributed by atoms with Gasteiger partial charge in [0.25, 0.3) is 0 Å². The van der Waals surface area contributed by atoms with Crippen molar-refractivity contribution in [2.75, 3.05) is 6.54 Å². The number of rotatable bonds is 5. The average molecular weight is 297 g/mol. The molecular weight excluding hydrogens is 282 g/mol. The standard InChI is InChI=1S/C16H15F4N/c1-2-21-15(11-4-3-5-13(18)16(11)20)9-10-6-7-12(17)14(19)8-10/h3-8,15,21H,2,9H2,1H3. The Morgan fingerprint density at radius 3 is 2.38 bits per heavy atom. The minimum Gasteiger partial charge on any atom is -0.310 e. The van der Waals surface area contributed by atoms with Crippen LogP contribution in [0.5, 0.6) is 0 Å². The van der Waals surface area contributed by atoms with Crippen molar-refractivity contribution in [1.82, 2.24) is 5.32 Å². The molecule has 112 valence electrons. The van der Waals surface area contributed by atoms with Gasteiger partial charge in [-0.25, -0.2) is 17.6 Å². The Morgan fingerprint density at radius 1 is 0.952 bits per heavy atom. The molecule has 0 saturated heterocycles. The molecule has 2 rings (SSSR count). The first-order valence-electron chi connectivity index (χ1n) is 6.64. The zero-order valence-corrected chi connectivity index (χ0v) is 11.5. The Bertz CT molecular complexity index is 628. The number of hydrogen-bond acceptors (Lipinski definition) is 1. The molecular formula is C16H15F4N. The van der Waals surface area contributed by atoms with Crippen molar-refractivity contribution in [3.05, 3.63) is 70.8 Å². The molecule has 2 aromatic rings. The van der Waals surface area contributed by atoms with E-state index in [2.05, 4.69) is 5.32 Å². The highest BCUT2D eigenvalue weighted by atomic mass is 19.2. The maximum atomic E-state index is 13.9. The zero-order chi connectivity index (χ0) is 15.4. The van der Waals surface area contributed by atoms with E-state index in [1.807, 2.05) is 6.92 Å². The molecule has 0 aliphatic rings. The third-order valence-corrected chi connectivity index (χ3v) is 3.23. The number of nitrogens with one attached hydrogen (secondary N) is 1. The van der Waals surface area contributed by atoms with Crippen LogP contribution in [-0.2, 0) is 6.42 Å². The van der Waals surface area contributed by atoms with Gasteiger partial charge in [0.2, 0.25) is 0 Å². The van der Waals surface area contributed by atoms with Crippen LogP contribution >= 0.6 is 0 Å². The fourth-order valence-electron chi connectivity index (χ4n) is 2.23. The minimum atomic E-state index is -0.956. The molecule has 5 heteroatoms. The first-order valence-corrected chi connectivity index (χ1v) is 6.64. The molecule has 21 heavy (non-hydrogen) atoms. The predicted octanol–water partition coefficient (Wildman–Crippen LogP) is 4.14. The van der Waals surface area contributed by atoms with Crippen molar-refractivity contribution < 1.29 is 17.6 Å². The Hall–Kier alpha value is -1.88. The summed E-state index contributed by atoms with van der Waals surface area (Å²) < 4.78 is 53.4. The maximum Gasteiger partial charge on any atom is 0.163 e. The van der Waals surface area contributed by atoms with E-state index in [1.165, 1.54) is 18.2 Å². The van der Waals surface area contributed by atoms with Crippen LogP contribution in [0.15, 0.2) is 36.4 Å². The summed E-state index contributed by atoms with van der Waals surface area (Å²) in [6, 6.07) is 6.94. The molecule has 0 aliphatic carbocycles. The van der Waals surface area contributed by atoms with Gasteiger partial charge in [0.05, 0.1) is 0 Å². The molecule has 0 radical (unpaired) electrons. The monoisotopic (exact) mass is 297 g/mol. The van der Waals surface area contributed by atoms with Crippen molar-refractivity contribution in [3.8, 4) is 0 Å². The third kappa shape index (κ3) is 3.61. The normalized spacial score (nSPS) is 12.4. The molecule has 0 bridgehead atoms. The zero-order valence-electron chi connectivity index (χ0n) is 11.5. The molecule has 0 aromatic heterocycles. The summed E-state index contributed by atoms with van der Waals surface area (Å²) in [6.45, 7) is 2.36. The van der Waals surface area contributed by atoms with Crippen LogP contribution in [-0.4, -0.2) is 6.54 Å². The first-order chi connectivity index (χ1) is 10.0. The lowest BCUT2D eigenvalue weighted by Gasteiger charge is -2.19. The molecule has 1 unspecified atom stereocenters. The van der Waals surface area contributed by atoms with E-state index in [9.17, 15) is 17.6 Å². The van der Waals surface area contributed by atoms with Gasteiger partial charge < -0.3 is 5.32 Å². The molecule has 0 heterocycles. The lowest BCUT2D eigenvalue weighted by molar-refractivity contribution is 0.462. The number of hydrogen-bond donors (Lipinski definition) is 1. The smallest absolute Gasteiger partial charge is 0.163 e. The Balaban J connectivity index is 2.30. The van der Waals surface area contributed by atoms with E-state index >= 15 is 0 Å². The SMILES string of the molecule is CCNC(Cc1ccc(F)c(F)c1)c1cccc(F)c1F. The van der Waals surface area contributed by atoms with Gasteiger partial charge in [0.15, 0.2) is 23.3 Å². The van der Waals surface area contributed by atoms with Crippen LogP contribution in [0, 0.1) is 23.3 Å². The number of likely N-dealkylation sites (N-methyl/N-ethyl adjacent to an activating group) is 1. The van der Waals surface area contributed by atoms with Crippen LogP contribution in [0.1, 0.15) is 24.1 Å². The summed E-state index contributed by atoms with van der Waals surface area (Å²) in [4.78, 5) is 0. The quantitative estimate of drug-likeness (QED) is 0.818. The Kier molecular flexibility index (Phi) is 4.96. The van der Waals surface area contributed by atoms with E-state index in [0.717, 1.165) is 18.2 Å². The molecule has 0 fully saturated rings. The topological polar surface area (TPSA) is 12.0 Å². The summed E-state index contributed by atoms with van der Waals surface area (Å²) in [7, 11) is 0. The van der Waals surface area contributed by atoms with Crippen molar-refractivity contribution in [2.24, 2.45) is 0 Å². The fraction of sp³-hybridized carbons (Fsp3) is 0.250. The van der Waals surface area contributed by atoms with Gasteiger partial charge >= 0.3 is 0 Å². The van der Waals surface area contributed by atoms with Gasteiger partial charge in [-0.15, -0.1) is 0 Å². The lowest BCUT2D eigenvalue weighted by Crippen LogP contribution is -2.24. The summed E-state index contributed by atoms with van der Waals surface area (Å²) in [5.74, 6) is -3.75. The largest absolute Gasteiger partial charge is 0.310 e. The molecule has 1 atom stereocenters. The molecule has 0 aliphatic heterocycles. The molecule has 0 spiro atoms. The molecule has 1 nitrogen and oxygen atoms in total. The van der Waals surface area contributed by atoms with Crippen LogP contribution < -0.4 is 5.32 Å². The molecule has 2 aromatic carbocycles. The highest BCUT2D eigenvalue weighted by molar-refractivity contribution is 5.26. The van der Waals surface area contributed by atoms with Crippen LogP contribution in [0.3, 0.4) is 0 Å². The van der Waals surface area contributed by atoms with Crippen molar-refractivity contribution >= 4 is 0 Å². The number of halogens is 4. The van der Waals surface area contributed by atoms with Gasteiger partial charge in [-0.1, -0.05) is 25.1 Å². The highest BCUT2D eigenvalue weighted by Gasteiger charge is 2.18. The van der Waals surface area contributed by atoms with Crippen LogP contribution in [0.2, 0.25) is 0 Å². The predicted molar refractivity (Wildman–Crippen MR) is 72.8 cm³/mol. The van der Waals surface area contributed by atoms with Crippen LogP contribution in [0.25, 0.3) is 0 Å². The fourth-order valence-corrected chi connectivity index (χ4v) is 2.23. The van der Waals surface area contributed by atoms with E-state index in [0.29, 0.717) is 12.1 Å². The van der Waals surface area contributed by atoms with E-state index in [1.54, 1.807) is 0 Å². The van der Waals surface area contributed by atoms with E-state index in [-0.39, 0.29) is 12.0 Å². The average Bonchev–Trinajstić information content (AvgIpc) is 2.45. The molecule has 0 saturated carbocycles. The Morgan fingerprint density at radius 2 is 1.71 bits per heavy atom. The summed E-state index contributed by atoms with van der Waals surface area (Å²) in [5.41, 5.74) is 0.671. The van der Waals surface area contributed by atoms with Gasteiger partial charge in [0.1, 0.15) is 0 Å². The van der Waals surface area contributed by atoms with E-state index in [4.69, 9.17) is 0 Å². The van der Waals surface area contributed by atoms with Crippen molar-refractivity contribution in [2.45, 2.75) is 19.4 Å².